The fourth-order valence-electron chi connectivity index (χ4n) is 0.633. The summed E-state index contributed by atoms with van der Waals surface area (Å²) < 4.78 is 0.797. The molecule has 1 heteroatoms. The van der Waals surface area contributed by atoms with E-state index in [1.807, 2.05) is 0 Å². The van der Waals surface area contributed by atoms with Gasteiger partial charge in [-0.1, -0.05) is 5.92 Å². The highest BCUT2D eigenvalue weighted by atomic mass is 15.3. The molecule has 0 saturated heterocycles. The molecule has 0 saturated carbocycles. The Morgan fingerprint density at radius 1 is 0.611 bits per heavy atom. The fraction of sp³-hybridized carbons (Fsp3) is 0.294. The molecule has 0 aliphatic rings. The molecule has 0 aromatic heterocycles. The van der Waals surface area contributed by atoms with Crippen molar-refractivity contribution in [3.63, 3.8) is 0 Å². The van der Waals surface area contributed by atoms with E-state index in [0.717, 1.165) is 11.0 Å². The predicted octanol–water partition coefficient (Wildman–Crippen LogP) is 0.733. The summed E-state index contributed by atoms with van der Waals surface area (Å²) in [6.45, 7) is 2.48. The molecule has 0 unspecified atom stereocenters. The van der Waals surface area contributed by atoms with Crippen LogP contribution in [0.15, 0.2) is 0 Å². The van der Waals surface area contributed by atoms with Crippen LogP contribution in [0.25, 0.3) is 0 Å². The van der Waals surface area contributed by atoms with Crippen LogP contribution in [-0.4, -0.2) is 32.2 Å². The summed E-state index contributed by atoms with van der Waals surface area (Å²) in [5.74, 6) is 31.5. The summed E-state index contributed by atoms with van der Waals surface area (Å²) in [6.07, 6.45) is 0. The predicted molar refractivity (Wildman–Crippen MR) is 75.2 cm³/mol. The van der Waals surface area contributed by atoms with Crippen molar-refractivity contribution in [2.45, 2.75) is 6.92 Å². The van der Waals surface area contributed by atoms with E-state index in [2.05, 4.69) is 92.2 Å². The SMILES string of the molecule is CC#CC#CC#CC#CC#CC#CC[N+](C)(C)C. The third kappa shape index (κ3) is 13.3. The van der Waals surface area contributed by atoms with Gasteiger partial charge in [0.15, 0.2) is 0 Å². The topological polar surface area (TPSA) is 0 Å². The van der Waals surface area contributed by atoms with Crippen LogP contribution in [0, 0.1) is 71.0 Å². The molecule has 0 atom stereocenters. The zero-order valence-electron chi connectivity index (χ0n) is 11.2. The molecule has 0 amide bonds. The average molecular weight is 232 g/mol. The summed E-state index contributed by atoms with van der Waals surface area (Å²) >= 11 is 0. The molecule has 0 aliphatic carbocycles. The van der Waals surface area contributed by atoms with Crippen molar-refractivity contribution < 1.29 is 4.48 Å². The van der Waals surface area contributed by atoms with Crippen LogP contribution >= 0.6 is 0 Å². The first-order valence-electron chi connectivity index (χ1n) is 5.26. The summed E-state index contributed by atoms with van der Waals surface area (Å²) in [5, 5.41) is 0. The van der Waals surface area contributed by atoms with E-state index >= 15 is 0 Å². The molecule has 18 heavy (non-hydrogen) atoms. The molecule has 0 aliphatic heterocycles. The largest absolute Gasteiger partial charge is 0.321 e. The lowest BCUT2D eigenvalue weighted by molar-refractivity contribution is -0.862. The third-order valence-electron chi connectivity index (χ3n) is 1.33. The molecule has 0 bridgehead atoms. The van der Waals surface area contributed by atoms with Crippen LogP contribution in [0.5, 0.6) is 0 Å². The maximum atomic E-state index is 2.96. The minimum atomic E-state index is 0.760. The van der Waals surface area contributed by atoms with Crippen molar-refractivity contribution in [3.8, 4) is 71.0 Å². The number of quaternary nitrogens is 1. The Bertz CT molecular complexity index is 634. The Kier molecular flexibility index (Phi) is 8.12. The van der Waals surface area contributed by atoms with Crippen LogP contribution in [0.3, 0.4) is 0 Å². The molecule has 1 nitrogen and oxygen atoms in total. The van der Waals surface area contributed by atoms with Gasteiger partial charge in [-0.3, -0.25) is 0 Å². The van der Waals surface area contributed by atoms with Crippen molar-refractivity contribution in [1.82, 2.24) is 0 Å². The monoisotopic (exact) mass is 232 g/mol. The van der Waals surface area contributed by atoms with Gasteiger partial charge in [-0.15, -0.1) is 0 Å². The number of nitrogens with zero attached hydrogens (tertiary/aromatic N) is 1. The standard InChI is InChI=1S/C17H14N/c1-5-6-7-8-9-10-11-12-13-14-15-16-17-18(2,3)4/h17H2,1-4H3/q+1. The quantitative estimate of drug-likeness (QED) is 0.462. The van der Waals surface area contributed by atoms with Gasteiger partial charge in [0.05, 0.1) is 21.1 Å². The Morgan fingerprint density at radius 3 is 1.39 bits per heavy atom. The first kappa shape index (κ1) is 15.3. The van der Waals surface area contributed by atoms with Gasteiger partial charge in [-0.25, -0.2) is 0 Å². The molecule has 0 heterocycles. The summed E-state index contributed by atoms with van der Waals surface area (Å²) in [5.41, 5.74) is 0. The van der Waals surface area contributed by atoms with Gasteiger partial charge in [-0.05, 0) is 72.0 Å². The molecule has 0 rings (SSSR count). The second kappa shape index (κ2) is 9.54. The zero-order valence-corrected chi connectivity index (χ0v) is 11.2. The smallest absolute Gasteiger partial charge is 0.141 e. The van der Waals surface area contributed by atoms with E-state index in [4.69, 9.17) is 0 Å². The Hall–Kier alpha value is -2.68. The maximum absolute atomic E-state index is 2.96. The van der Waals surface area contributed by atoms with Crippen molar-refractivity contribution in [3.05, 3.63) is 0 Å². The van der Waals surface area contributed by atoms with E-state index in [-0.39, 0.29) is 0 Å². The molecule has 0 fully saturated rings. The molecular formula is C17H14N+. The van der Waals surface area contributed by atoms with Gasteiger partial charge < -0.3 is 4.48 Å². The molecule has 0 spiro atoms. The lowest BCUT2D eigenvalue weighted by Gasteiger charge is -2.19. The first-order valence-corrected chi connectivity index (χ1v) is 5.26. The van der Waals surface area contributed by atoms with Crippen LogP contribution < -0.4 is 0 Å². The Balaban J connectivity index is 4.21. The van der Waals surface area contributed by atoms with Gasteiger partial charge in [0, 0.05) is 0 Å². The van der Waals surface area contributed by atoms with Crippen molar-refractivity contribution >= 4 is 0 Å². The fourth-order valence-corrected chi connectivity index (χ4v) is 0.633. The first-order chi connectivity index (χ1) is 8.56. The lowest BCUT2D eigenvalue weighted by Crippen LogP contribution is -2.34. The Labute approximate surface area is 111 Å². The third-order valence-corrected chi connectivity index (χ3v) is 1.33. The minimum Gasteiger partial charge on any atom is -0.321 e. The summed E-state index contributed by atoms with van der Waals surface area (Å²) in [4.78, 5) is 0. The van der Waals surface area contributed by atoms with Crippen LogP contribution in [0.2, 0.25) is 0 Å². The van der Waals surface area contributed by atoms with Crippen molar-refractivity contribution in [1.29, 1.82) is 0 Å². The normalized spacial score (nSPS) is 6.67. The minimum absolute atomic E-state index is 0.760. The van der Waals surface area contributed by atoms with E-state index in [1.165, 1.54) is 0 Å². The van der Waals surface area contributed by atoms with E-state index in [9.17, 15) is 0 Å². The van der Waals surface area contributed by atoms with E-state index < -0.39 is 0 Å². The van der Waals surface area contributed by atoms with E-state index in [0.29, 0.717) is 0 Å². The molecule has 0 aromatic rings. The second-order valence-corrected chi connectivity index (χ2v) is 4.13. The van der Waals surface area contributed by atoms with Crippen LogP contribution in [0.1, 0.15) is 6.92 Å². The van der Waals surface area contributed by atoms with Crippen LogP contribution in [0.4, 0.5) is 0 Å². The summed E-state index contributed by atoms with van der Waals surface area (Å²) in [6, 6.07) is 0. The zero-order chi connectivity index (χ0) is 13.7. The second-order valence-electron chi connectivity index (χ2n) is 4.13. The number of hydrogen-bond donors (Lipinski definition) is 0. The molecule has 0 N–H and O–H groups in total. The van der Waals surface area contributed by atoms with Gasteiger partial charge in [0.25, 0.3) is 0 Å². The molecule has 86 valence electrons. The lowest BCUT2D eigenvalue weighted by atomic mass is 10.4. The van der Waals surface area contributed by atoms with Crippen molar-refractivity contribution in [2.24, 2.45) is 0 Å². The number of rotatable bonds is 1. The highest BCUT2D eigenvalue weighted by Gasteiger charge is 2.00. The van der Waals surface area contributed by atoms with Crippen molar-refractivity contribution in [2.75, 3.05) is 27.7 Å². The van der Waals surface area contributed by atoms with Gasteiger partial charge >= 0.3 is 0 Å². The van der Waals surface area contributed by atoms with Gasteiger partial charge in [0.2, 0.25) is 0 Å². The highest BCUT2D eigenvalue weighted by Crippen LogP contribution is 1.84. The number of hydrogen-bond acceptors (Lipinski definition) is 0. The van der Waals surface area contributed by atoms with E-state index in [1.54, 1.807) is 6.92 Å². The molecule has 0 radical (unpaired) electrons. The Morgan fingerprint density at radius 2 is 1.00 bits per heavy atom. The maximum Gasteiger partial charge on any atom is 0.141 e. The summed E-state index contributed by atoms with van der Waals surface area (Å²) in [7, 11) is 6.21. The highest BCUT2D eigenvalue weighted by molar-refractivity contribution is 5.43. The molecular weight excluding hydrogens is 218 g/mol. The van der Waals surface area contributed by atoms with Gasteiger partial charge in [0.1, 0.15) is 6.54 Å². The van der Waals surface area contributed by atoms with Gasteiger partial charge in [-0.2, -0.15) is 0 Å². The average Bonchev–Trinajstić information content (AvgIpc) is 2.29. The molecule has 0 aromatic carbocycles. The van der Waals surface area contributed by atoms with Crippen LogP contribution in [-0.2, 0) is 0 Å².